The molecule has 2 saturated heterocycles. The Morgan fingerprint density at radius 2 is 1.61 bits per heavy atom. The zero-order valence-electron chi connectivity index (χ0n) is 17.8. The van der Waals surface area contributed by atoms with E-state index in [2.05, 4.69) is 4.90 Å². The van der Waals surface area contributed by atoms with Gasteiger partial charge in [0.1, 0.15) is 5.82 Å². The quantitative estimate of drug-likeness (QED) is 0.798. The van der Waals surface area contributed by atoms with E-state index in [1.807, 2.05) is 24.0 Å². The predicted octanol–water partition coefficient (Wildman–Crippen LogP) is 2.96. The van der Waals surface area contributed by atoms with Crippen molar-refractivity contribution in [3.63, 3.8) is 0 Å². The van der Waals surface area contributed by atoms with E-state index in [-0.39, 0.29) is 11.8 Å². The number of carbonyl (C=O) groups excluding carboxylic acids is 2. The molecule has 3 heterocycles. The topological polar surface area (TPSA) is 56.8 Å². The molecule has 2 amide bonds. The molecule has 0 saturated carbocycles. The van der Waals surface area contributed by atoms with Gasteiger partial charge in [-0.2, -0.15) is 0 Å². The van der Waals surface area contributed by atoms with Gasteiger partial charge in [-0.3, -0.25) is 9.59 Å². The van der Waals surface area contributed by atoms with Crippen LogP contribution in [0.4, 0.5) is 5.82 Å². The van der Waals surface area contributed by atoms with Gasteiger partial charge in [-0.1, -0.05) is 0 Å². The molecule has 154 valence electrons. The molecule has 0 spiro atoms. The summed E-state index contributed by atoms with van der Waals surface area (Å²) in [7, 11) is 3.54. The Morgan fingerprint density at radius 1 is 1.04 bits per heavy atom. The van der Waals surface area contributed by atoms with Crippen molar-refractivity contribution >= 4 is 17.6 Å². The summed E-state index contributed by atoms with van der Waals surface area (Å²) >= 11 is 0. The first-order valence-corrected chi connectivity index (χ1v) is 10.5. The maximum absolute atomic E-state index is 12.2. The highest BCUT2D eigenvalue weighted by Gasteiger charge is 2.26. The van der Waals surface area contributed by atoms with E-state index in [1.54, 1.807) is 25.9 Å². The molecule has 6 heteroatoms. The van der Waals surface area contributed by atoms with Crippen LogP contribution in [0.25, 0.3) is 0 Å². The molecular weight excluding hydrogens is 352 g/mol. The summed E-state index contributed by atoms with van der Waals surface area (Å²) in [6.45, 7) is 7.52. The zero-order valence-corrected chi connectivity index (χ0v) is 17.8. The van der Waals surface area contributed by atoms with Gasteiger partial charge in [0.25, 0.3) is 5.91 Å². The van der Waals surface area contributed by atoms with Gasteiger partial charge in [0.2, 0.25) is 5.91 Å². The Balaban J connectivity index is 1.50. The third kappa shape index (κ3) is 4.83. The molecule has 0 unspecified atom stereocenters. The number of anilines is 1. The van der Waals surface area contributed by atoms with Crippen LogP contribution in [0.15, 0.2) is 12.1 Å². The number of amides is 2. The van der Waals surface area contributed by atoms with Crippen LogP contribution in [0.5, 0.6) is 0 Å². The molecule has 2 aliphatic heterocycles. The molecule has 1 aromatic heterocycles. The van der Waals surface area contributed by atoms with E-state index in [4.69, 9.17) is 4.98 Å². The standard InChI is InChI=1S/C22H34N4O2/c1-16-20(22(28)24(3)4)5-6-21(23-16)26-13-9-19(10-14-26)15-18-7-11-25(12-8-18)17(2)27/h5-6,18-19H,7-15H2,1-4H3. The first kappa shape index (κ1) is 20.6. The van der Waals surface area contributed by atoms with Gasteiger partial charge in [-0.25, -0.2) is 4.98 Å². The van der Waals surface area contributed by atoms with Gasteiger partial charge in [0.05, 0.1) is 11.3 Å². The average Bonchev–Trinajstić information content (AvgIpc) is 2.68. The van der Waals surface area contributed by atoms with Gasteiger partial charge >= 0.3 is 0 Å². The van der Waals surface area contributed by atoms with Crippen molar-refractivity contribution in [2.45, 2.75) is 46.0 Å². The van der Waals surface area contributed by atoms with Crippen molar-refractivity contribution in [3.8, 4) is 0 Å². The van der Waals surface area contributed by atoms with Crippen molar-refractivity contribution in [1.29, 1.82) is 0 Å². The van der Waals surface area contributed by atoms with E-state index >= 15 is 0 Å². The molecule has 6 nitrogen and oxygen atoms in total. The van der Waals surface area contributed by atoms with Crippen LogP contribution >= 0.6 is 0 Å². The van der Waals surface area contributed by atoms with E-state index < -0.39 is 0 Å². The largest absolute Gasteiger partial charge is 0.357 e. The molecule has 0 radical (unpaired) electrons. The number of piperidine rings is 2. The Hall–Kier alpha value is -2.11. The lowest BCUT2D eigenvalue weighted by Gasteiger charge is -2.37. The fraction of sp³-hybridized carbons (Fsp3) is 0.682. The van der Waals surface area contributed by atoms with Crippen LogP contribution in [0.2, 0.25) is 0 Å². The lowest BCUT2D eigenvalue weighted by Crippen LogP contribution is -2.39. The summed E-state index contributed by atoms with van der Waals surface area (Å²) in [6.07, 6.45) is 6.00. The summed E-state index contributed by atoms with van der Waals surface area (Å²) in [5.74, 6) is 2.75. The third-order valence-corrected chi connectivity index (χ3v) is 6.37. The molecule has 1 aromatic rings. The minimum Gasteiger partial charge on any atom is -0.357 e. The highest BCUT2D eigenvalue weighted by atomic mass is 16.2. The van der Waals surface area contributed by atoms with Crippen LogP contribution in [-0.4, -0.2) is 66.9 Å². The molecule has 0 bridgehead atoms. The molecule has 0 aliphatic carbocycles. The van der Waals surface area contributed by atoms with Crippen LogP contribution < -0.4 is 4.90 Å². The number of aromatic nitrogens is 1. The van der Waals surface area contributed by atoms with E-state index in [1.165, 1.54) is 19.3 Å². The number of pyridine rings is 1. The van der Waals surface area contributed by atoms with Crippen molar-refractivity contribution in [2.24, 2.45) is 11.8 Å². The minimum atomic E-state index is 0.00563. The summed E-state index contributed by atoms with van der Waals surface area (Å²) in [5, 5.41) is 0. The zero-order chi connectivity index (χ0) is 20.3. The van der Waals surface area contributed by atoms with Crippen LogP contribution in [0, 0.1) is 18.8 Å². The van der Waals surface area contributed by atoms with Gasteiger partial charge in [0.15, 0.2) is 0 Å². The number of nitrogens with zero attached hydrogens (tertiary/aromatic N) is 4. The highest BCUT2D eigenvalue weighted by Crippen LogP contribution is 2.31. The first-order valence-electron chi connectivity index (χ1n) is 10.5. The van der Waals surface area contributed by atoms with E-state index in [0.717, 1.165) is 62.4 Å². The summed E-state index contributed by atoms with van der Waals surface area (Å²) < 4.78 is 0. The van der Waals surface area contributed by atoms with Crippen molar-refractivity contribution in [3.05, 3.63) is 23.4 Å². The number of aryl methyl sites for hydroxylation is 1. The lowest BCUT2D eigenvalue weighted by atomic mass is 9.83. The van der Waals surface area contributed by atoms with E-state index in [9.17, 15) is 9.59 Å². The Labute approximate surface area is 168 Å². The number of rotatable bonds is 4. The molecule has 28 heavy (non-hydrogen) atoms. The second-order valence-corrected chi connectivity index (χ2v) is 8.62. The maximum Gasteiger partial charge on any atom is 0.255 e. The highest BCUT2D eigenvalue weighted by molar-refractivity contribution is 5.95. The fourth-order valence-corrected chi connectivity index (χ4v) is 4.54. The maximum atomic E-state index is 12.2. The van der Waals surface area contributed by atoms with Gasteiger partial charge in [0, 0.05) is 47.2 Å². The van der Waals surface area contributed by atoms with Crippen LogP contribution in [-0.2, 0) is 4.79 Å². The molecule has 3 rings (SSSR count). The normalized spacial score (nSPS) is 19.0. The van der Waals surface area contributed by atoms with E-state index in [0.29, 0.717) is 5.56 Å². The van der Waals surface area contributed by atoms with Crippen LogP contribution in [0.1, 0.15) is 55.1 Å². The van der Waals surface area contributed by atoms with Crippen molar-refractivity contribution in [1.82, 2.24) is 14.8 Å². The molecule has 0 atom stereocenters. The third-order valence-electron chi connectivity index (χ3n) is 6.37. The summed E-state index contributed by atoms with van der Waals surface area (Å²) in [4.78, 5) is 34.3. The number of hydrogen-bond acceptors (Lipinski definition) is 4. The SMILES string of the molecule is CC(=O)N1CCC(CC2CCN(c3ccc(C(=O)N(C)C)c(C)n3)CC2)CC1. The Morgan fingerprint density at radius 3 is 2.11 bits per heavy atom. The Kier molecular flexibility index (Phi) is 6.57. The average molecular weight is 387 g/mol. The molecule has 2 aliphatic rings. The number of likely N-dealkylation sites (tertiary alicyclic amines) is 1. The number of carbonyl (C=O) groups is 2. The number of hydrogen-bond donors (Lipinski definition) is 0. The molecule has 0 aromatic carbocycles. The predicted molar refractivity (Wildman–Crippen MR) is 112 cm³/mol. The summed E-state index contributed by atoms with van der Waals surface area (Å²) in [6, 6.07) is 3.90. The van der Waals surface area contributed by atoms with Crippen molar-refractivity contribution in [2.75, 3.05) is 45.2 Å². The fourth-order valence-electron chi connectivity index (χ4n) is 4.54. The van der Waals surface area contributed by atoms with Crippen LogP contribution in [0.3, 0.4) is 0 Å². The summed E-state index contributed by atoms with van der Waals surface area (Å²) in [5.41, 5.74) is 1.48. The minimum absolute atomic E-state index is 0.00563. The van der Waals surface area contributed by atoms with Crippen molar-refractivity contribution < 1.29 is 9.59 Å². The first-order chi connectivity index (χ1) is 13.3. The van der Waals surface area contributed by atoms with Gasteiger partial charge in [-0.15, -0.1) is 0 Å². The van der Waals surface area contributed by atoms with Gasteiger partial charge in [-0.05, 0) is 63.0 Å². The molecular formula is C22H34N4O2. The second-order valence-electron chi connectivity index (χ2n) is 8.62. The smallest absolute Gasteiger partial charge is 0.255 e. The molecule has 2 fully saturated rings. The monoisotopic (exact) mass is 386 g/mol. The lowest BCUT2D eigenvalue weighted by molar-refractivity contribution is -0.130. The second kappa shape index (κ2) is 8.93. The Bertz CT molecular complexity index is 702. The molecule has 0 N–H and O–H groups in total. The van der Waals surface area contributed by atoms with Gasteiger partial charge < -0.3 is 14.7 Å².